The lowest BCUT2D eigenvalue weighted by Gasteiger charge is -2.32. The van der Waals surface area contributed by atoms with Gasteiger partial charge in [0, 0.05) is 31.0 Å². The molecular weight excluding hydrogens is 242 g/mol. The first-order valence-corrected chi connectivity index (χ1v) is 6.76. The number of anilines is 2. The van der Waals surface area contributed by atoms with Crippen molar-refractivity contribution in [1.82, 2.24) is 5.32 Å². The molecule has 0 spiro atoms. The molecular formula is C14H19N3O2. The Balaban J connectivity index is 1.71. The second-order valence-corrected chi connectivity index (χ2v) is 5.09. The Kier molecular flexibility index (Phi) is 3.40. The van der Waals surface area contributed by atoms with E-state index in [4.69, 9.17) is 10.5 Å². The Morgan fingerprint density at radius 2 is 2.32 bits per heavy atom. The molecule has 1 amide bonds. The topological polar surface area (TPSA) is 67.6 Å². The van der Waals surface area contributed by atoms with E-state index in [1.165, 1.54) is 0 Å². The maximum absolute atomic E-state index is 12.3. The predicted octanol–water partition coefficient (Wildman–Crippen LogP) is 0.536. The van der Waals surface area contributed by atoms with Crippen LogP contribution in [-0.4, -0.2) is 38.3 Å². The average molecular weight is 261 g/mol. The van der Waals surface area contributed by atoms with Crippen LogP contribution in [0.4, 0.5) is 11.4 Å². The lowest BCUT2D eigenvalue weighted by molar-refractivity contribution is -0.126. The van der Waals surface area contributed by atoms with Crippen molar-refractivity contribution < 1.29 is 9.53 Å². The number of rotatable bonds is 3. The zero-order valence-electron chi connectivity index (χ0n) is 10.9. The fourth-order valence-electron chi connectivity index (χ4n) is 2.56. The number of nitrogens with two attached hydrogens (primary N) is 1. The summed E-state index contributed by atoms with van der Waals surface area (Å²) in [5, 5.41) is 3.12. The maximum atomic E-state index is 12.3. The number of nitrogens with one attached hydrogen (secondary N) is 1. The Labute approximate surface area is 112 Å². The van der Waals surface area contributed by atoms with Crippen molar-refractivity contribution >= 4 is 17.3 Å². The number of benzene rings is 1. The third-order valence-electron chi connectivity index (χ3n) is 3.77. The molecule has 3 N–H and O–H groups in total. The second kappa shape index (κ2) is 5.19. The van der Waals surface area contributed by atoms with Crippen molar-refractivity contribution in [2.45, 2.75) is 18.9 Å². The number of hydrogen-bond donors (Lipinski definition) is 2. The average Bonchev–Trinajstić information content (AvgIpc) is 2.36. The zero-order valence-corrected chi connectivity index (χ0v) is 10.9. The van der Waals surface area contributed by atoms with Gasteiger partial charge < -0.3 is 20.7 Å². The van der Waals surface area contributed by atoms with Gasteiger partial charge >= 0.3 is 0 Å². The van der Waals surface area contributed by atoms with Gasteiger partial charge in [-0.2, -0.15) is 0 Å². The summed E-state index contributed by atoms with van der Waals surface area (Å²) in [5.41, 5.74) is 8.80. The van der Waals surface area contributed by atoms with E-state index in [-0.39, 0.29) is 18.6 Å². The van der Waals surface area contributed by atoms with E-state index in [9.17, 15) is 4.79 Å². The summed E-state index contributed by atoms with van der Waals surface area (Å²) in [6.45, 7) is 2.59. The quantitative estimate of drug-likeness (QED) is 0.779. The van der Waals surface area contributed by atoms with Crippen molar-refractivity contribution in [3.05, 3.63) is 23.8 Å². The molecule has 1 aromatic carbocycles. The van der Waals surface area contributed by atoms with Gasteiger partial charge in [-0.05, 0) is 30.5 Å². The number of carbonyl (C=O) groups is 1. The summed E-state index contributed by atoms with van der Waals surface area (Å²) in [7, 11) is 0. The monoisotopic (exact) mass is 261 g/mol. The maximum Gasteiger partial charge on any atom is 0.252 e. The van der Waals surface area contributed by atoms with Crippen LogP contribution in [0.1, 0.15) is 12.0 Å². The molecule has 0 saturated carbocycles. The van der Waals surface area contributed by atoms with Gasteiger partial charge in [-0.25, -0.2) is 0 Å². The van der Waals surface area contributed by atoms with Crippen molar-refractivity contribution in [1.29, 1.82) is 0 Å². The Bertz CT molecular complexity index is 486. The van der Waals surface area contributed by atoms with Crippen LogP contribution in [-0.2, 0) is 16.0 Å². The molecule has 0 radical (unpaired) electrons. The molecule has 102 valence electrons. The third kappa shape index (κ3) is 2.43. The van der Waals surface area contributed by atoms with Crippen LogP contribution in [0.3, 0.4) is 0 Å². The van der Waals surface area contributed by atoms with E-state index in [0.717, 1.165) is 49.4 Å². The molecule has 5 nitrogen and oxygen atoms in total. The highest BCUT2D eigenvalue weighted by molar-refractivity contribution is 5.96. The molecule has 0 unspecified atom stereocenters. The fourth-order valence-corrected chi connectivity index (χ4v) is 2.56. The minimum atomic E-state index is 0.0263. The normalized spacial score (nSPS) is 18.8. The minimum absolute atomic E-state index is 0.0263. The van der Waals surface area contributed by atoms with Crippen LogP contribution >= 0.6 is 0 Å². The van der Waals surface area contributed by atoms with Gasteiger partial charge in [0.2, 0.25) is 0 Å². The van der Waals surface area contributed by atoms with Crippen LogP contribution in [0.15, 0.2) is 18.2 Å². The number of ether oxygens (including phenoxy) is 1. The van der Waals surface area contributed by atoms with Gasteiger partial charge in [0.05, 0.1) is 6.10 Å². The summed E-state index contributed by atoms with van der Waals surface area (Å²) >= 11 is 0. The first-order chi connectivity index (χ1) is 9.25. The summed E-state index contributed by atoms with van der Waals surface area (Å²) in [6.07, 6.45) is 2.09. The van der Waals surface area contributed by atoms with Gasteiger partial charge in [-0.1, -0.05) is 6.07 Å². The van der Waals surface area contributed by atoms with Crippen LogP contribution in [0, 0.1) is 0 Å². The molecule has 1 fully saturated rings. The van der Waals surface area contributed by atoms with Crippen molar-refractivity contribution in [2.24, 2.45) is 0 Å². The molecule has 2 aliphatic heterocycles. The number of carbonyl (C=O) groups excluding carboxylic acids is 1. The summed E-state index contributed by atoms with van der Waals surface area (Å²) in [4.78, 5) is 14.1. The minimum Gasteiger partial charge on any atom is -0.398 e. The molecule has 3 rings (SSSR count). The third-order valence-corrected chi connectivity index (χ3v) is 3.77. The first-order valence-electron chi connectivity index (χ1n) is 6.76. The molecule has 0 aliphatic carbocycles. The SMILES string of the molecule is Nc1cccc2c1CCCN2C(=O)COC1CNC1. The standard InChI is InChI=1S/C14H19N3O2/c15-12-4-1-5-13-11(12)3-2-6-17(13)14(18)9-19-10-7-16-8-10/h1,4-5,10,16H,2-3,6-9,15H2. The van der Waals surface area contributed by atoms with Gasteiger partial charge in [0.15, 0.2) is 0 Å². The van der Waals surface area contributed by atoms with Crippen molar-refractivity contribution in [2.75, 3.05) is 36.9 Å². The summed E-state index contributed by atoms with van der Waals surface area (Å²) < 4.78 is 5.55. The smallest absolute Gasteiger partial charge is 0.252 e. The number of nitrogens with zero attached hydrogens (tertiary/aromatic N) is 1. The summed E-state index contributed by atoms with van der Waals surface area (Å²) in [6, 6.07) is 5.76. The lowest BCUT2D eigenvalue weighted by atomic mass is 10.00. The van der Waals surface area contributed by atoms with Gasteiger partial charge in [0.1, 0.15) is 6.61 Å². The van der Waals surface area contributed by atoms with E-state index < -0.39 is 0 Å². The molecule has 5 heteroatoms. The predicted molar refractivity (Wildman–Crippen MR) is 74.1 cm³/mol. The Hall–Kier alpha value is -1.59. The Morgan fingerprint density at radius 1 is 1.47 bits per heavy atom. The van der Waals surface area contributed by atoms with Gasteiger partial charge in [-0.3, -0.25) is 4.79 Å². The van der Waals surface area contributed by atoms with Crippen LogP contribution in [0.5, 0.6) is 0 Å². The van der Waals surface area contributed by atoms with Gasteiger partial charge in [0.25, 0.3) is 5.91 Å². The molecule has 2 heterocycles. The van der Waals surface area contributed by atoms with Gasteiger partial charge in [-0.15, -0.1) is 0 Å². The van der Waals surface area contributed by atoms with E-state index >= 15 is 0 Å². The van der Waals surface area contributed by atoms with E-state index in [1.807, 2.05) is 18.2 Å². The highest BCUT2D eigenvalue weighted by Crippen LogP contribution is 2.31. The van der Waals surface area contributed by atoms with Crippen LogP contribution < -0.4 is 16.0 Å². The first kappa shape index (κ1) is 12.4. The van der Waals surface area contributed by atoms with Crippen LogP contribution in [0.25, 0.3) is 0 Å². The summed E-state index contributed by atoms with van der Waals surface area (Å²) in [5.74, 6) is 0.0263. The molecule has 0 aromatic heterocycles. The lowest BCUT2D eigenvalue weighted by Crippen LogP contribution is -2.50. The number of nitrogen functional groups attached to an aromatic ring is 1. The zero-order chi connectivity index (χ0) is 13.2. The number of hydrogen-bond acceptors (Lipinski definition) is 4. The molecule has 19 heavy (non-hydrogen) atoms. The fraction of sp³-hybridized carbons (Fsp3) is 0.500. The molecule has 2 aliphatic rings. The highest BCUT2D eigenvalue weighted by atomic mass is 16.5. The number of fused-ring (bicyclic) bond motifs is 1. The molecule has 0 bridgehead atoms. The van der Waals surface area contributed by atoms with E-state index in [2.05, 4.69) is 5.32 Å². The largest absolute Gasteiger partial charge is 0.398 e. The van der Waals surface area contributed by atoms with Crippen molar-refractivity contribution in [3.8, 4) is 0 Å². The van der Waals surface area contributed by atoms with E-state index in [0.29, 0.717) is 0 Å². The molecule has 1 saturated heterocycles. The molecule has 0 atom stereocenters. The van der Waals surface area contributed by atoms with E-state index in [1.54, 1.807) is 4.90 Å². The Morgan fingerprint density at radius 3 is 3.05 bits per heavy atom. The number of amides is 1. The second-order valence-electron chi connectivity index (χ2n) is 5.09. The van der Waals surface area contributed by atoms with Crippen LogP contribution in [0.2, 0.25) is 0 Å². The molecule has 1 aromatic rings. The highest BCUT2D eigenvalue weighted by Gasteiger charge is 2.25. The van der Waals surface area contributed by atoms with Crippen molar-refractivity contribution in [3.63, 3.8) is 0 Å².